The fraction of sp³-hybridized carbons (Fsp3) is 0.545. The summed E-state index contributed by atoms with van der Waals surface area (Å²) in [6.07, 6.45) is 0.00913. The molecule has 1 rings (SSSR count). The summed E-state index contributed by atoms with van der Waals surface area (Å²) in [6, 6.07) is -2.35. The highest BCUT2D eigenvalue weighted by atomic mass is 32.1. The Morgan fingerprint density at radius 3 is 2.43 bits per heavy atom. The van der Waals surface area contributed by atoms with Gasteiger partial charge in [0, 0.05) is 6.42 Å². The first-order valence-electron chi connectivity index (χ1n) is 6.12. The summed E-state index contributed by atoms with van der Waals surface area (Å²) in [4.78, 5) is 32.9. The maximum absolute atomic E-state index is 11.6. The average Bonchev–Trinajstić information content (AvgIpc) is 2.73. The molecule has 0 aliphatic rings. The number of aliphatic carboxylic acids is 2. The van der Waals surface area contributed by atoms with Crippen molar-refractivity contribution in [3.63, 3.8) is 0 Å². The van der Waals surface area contributed by atoms with E-state index in [4.69, 9.17) is 10.2 Å². The van der Waals surface area contributed by atoms with Crippen LogP contribution in [0.4, 0.5) is 9.93 Å². The molecule has 0 saturated carbocycles. The smallest absolute Gasteiger partial charge is 0.326 e. The maximum Gasteiger partial charge on any atom is 0.326 e. The molecule has 4 N–H and O–H groups in total. The second-order valence-corrected chi connectivity index (χ2v) is 5.75. The number of aromatic nitrogens is 2. The number of carboxylic acid groups (broad SMARTS) is 2. The molecule has 0 bridgehead atoms. The van der Waals surface area contributed by atoms with Crippen molar-refractivity contribution in [1.82, 2.24) is 15.5 Å². The van der Waals surface area contributed by atoms with Gasteiger partial charge in [-0.25, -0.2) is 9.59 Å². The van der Waals surface area contributed by atoms with Crippen LogP contribution >= 0.6 is 11.3 Å². The summed E-state index contributed by atoms with van der Waals surface area (Å²) >= 11 is 1.18. The summed E-state index contributed by atoms with van der Waals surface area (Å²) in [5, 5.41) is 30.4. The number of carbonyl (C=O) groups excluding carboxylic acids is 1. The van der Waals surface area contributed by atoms with E-state index in [9.17, 15) is 14.4 Å². The lowest BCUT2D eigenvalue weighted by Gasteiger charge is -2.11. The molecular weight excluding hydrogens is 300 g/mol. The third-order valence-corrected chi connectivity index (χ3v) is 3.11. The molecule has 0 aromatic carbocycles. The van der Waals surface area contributed by atoms with Gasteiger partial charge in [-0.3, -0.25) is 10.1 Å². The molecular formula is C11H16N4O5S. The third kappa shape index (κ3) is 6.17. The van der Waals surface area contributed by atoms with Crippen molar-refractivity contribution >= 4 is 34.4 Å². The van der Waals surface area contributed by atoms with Gasteiger partial charge in [0.1, 0.15) is 11.0 Å². The van der Waals surface area contributed by atoms with Gasteiger partial charge >= 0.3 is 18.0 Å². The van der Waals surface area contributed by atoms with E-state index < -0.39 is 30.4 Å². The molecule has 1 heterocycles. The molecule has 0 aliphatic carbocycles. The van der Waals surface area contributed by atoms with Crippen LogP contribution in [0, 0.1) is 5.92 Å². The van der Waals surface area contributed by atoms with Crippen LogP contribution in [0.25, 0.3) is 0 Å². The Balaban J connectivity index is 2.57. The largest absolute Gasteiger partial charge is 0.481 e. The number of rotatable bonds is 7. The fourth-order valence-electron chi connectivity index (χ4n) is 1.40. The summed E-state index contributed by atoms with van der Waals surface area (Å²) < 4.78 is 0. The first kappa shape index (κ1) is 16.8. The van der Waals surface area contributed by atoms with E-state index >= 15 is 0 Å². The van der Waals surface area contributed by atoms with E-state index in [0.717, 1.165) is 11.4 Å². The van der Waals surface area contributed by atoms with Gasteiger partial charge in [-0.2, -0.15) is 0 Å². The SMILES string of the molecule is CC(C)Cc1nnc(NC(=O)N[C@H](CC(=O)O)C(=O)O)s1. The Labute approximate surface area is 124 Å². The van der Waals surface area contributed by atoms with Crippen LogP contribution in [0.15, 0.2) is 0 Å². The van der Waals surface area contributed by atoms with E-state index in [0.29, 0.717) is 5.92 Å². The van der Waals surface area contributed by atoms with Gasteiger partial charge in [-0.15, -0.1) is 10.2 Å². The topological polar surface area (TPSA) is 142 Å². The second-order valence-electron chi connectivity index (χ2n) is 4.69. The van der Waals surface area contributed by atoms with Crippen molar-refractivity contribution in [3.8, 4) is 0 Å². The molecule has 9 nitrogen and oxygen atoms in total. The number of carbonyl (C=O) groups is 3. The number of nitrogens with one attached hydrogen (secondary N) is 2. The zero-order valence-electron chi connectivity index (χ0n) is 11.5. The number of urea groups is 1. The molecule has 0 aliphatic heterocycles. The predicted octanol–water partition coefficient (Wildman–Crippen LogP) is 0.786. The molecule has 0 unspecified atom stereocenters. The van der Waals surface area contributed by atoms with E-state index in [1.165, 1.54) is 11.3 Å². The Bertz CT molecular complexity index is 530. The number of hydrogen-bond donors (Lipinski definition) is 4. The number of anilines is 1. The van der Waals surface area contributed by atoms with Crippen LogP contribution in [0.1, 0.15) is 25.3 Å². The van der Waals surface area contributed by atoms with Crippen LogP contribution in [0.5, 0.6) is 0 Å². The van der Waals surface area contributed by atoms with Gasteiger partial charge in [0.2, 0.25) is 5.13 Å². The predicted molar refractivity (Wildman–Crippen MR) is 74.3 cm³/mol. The van der Waals surface area contributed by atoms with Crippen LogP contribution in [0.2, 0.25) is 0 Å². The lowest BCUT2D eigenvalue weighted by atomic mass is 10.1. The van der Waals surface area contributed by atoms with Gasteiger partial charge < -0.3 is 15.5 Å². The average molecular weight is 316 g/mol. The molecule has 21 heavy (non-hydrogen) atoms. The minimum atomic E-state index is -1.51. The van der Waals surface area contributed by atoms with E-state index in [1.807, 2.05) is 13.8 Å². The van der Waals surface area contributed by atoms with Gasteiger partial charge in [-0.1, -0.05) is 25.2 Å². The normalized spacial score (nSPS) is 12.0. The van der Waals surface area contributed by atoms with Crippen molar-refractivity contribution in [2.75, 3.05) is 5.32 Å². The minimum absolute atomic E-state index is 0.225. The van der Waals surface area contributed by atoms with Crippen molar-refractivity contribution in [2.24, 2.45) is 5.92 Å². The van der Waals surface area contributed by atoms with Crippen LogP contribution in [-0.2, 0) is 16.0 Å². The minimum Gasteiger partial charge on any atom is -0.481 e. The summed E-state index contributed by atoms with van der Waals surface area (Å²) in [6.45, 7) is 4.04. The third-order valence-electron chi connectivity index (χ3n) is 2.25. The van der Waals surface area contributed by atoms with Gasteiger partial charge in [0.25, 0.3) is 0 Å². The van der Waals surface area contributed by atoms with Gasteiger partial charge in [0.05, 0.1) is 6.42 Å². The lowest BCUT2D eigenvalue weighted by Crippen LogP contribution is -2.44. The van der Waals surface area contributed by atoms with E-state index in [2.05, 4.69) is 20.8 Å². The van der Waals surface area contributed by atoms with Gasteiger partial charge in [0.15, 0.2) is 0 Å². The molecule has 0 saturated heterocycles. The highest BCUT2D eigenvalue weighted by Crippen LogP contribution is 2.18. The molecule has 116 valence electrons. The van der Waals surface area contributed by atoms with E-state index in [1.54, 1.807) is 0 Å². The van der Waals surface area contributed by atoms with Crippen molar-refractivity contribution < 1.29 is 24.6 Å². The van der Waals surface area contributed by atoms with Crippen LogP contribution in [0.3, 0.4) is 0 Å². The molecule has 0 radical (unpaired) electrons. The number of amides is 2. The number of nitrogens with zero attached hydrogens (tertiary/aromatic N) is 2. The fourth-order valence-corrected chi connectivity index (χ4v) is 2.35. The summed E-state index contributed by atoms with van der Waals surface area (Å²) in [7, 11) is 0. The zero-order valence-corrected chi connectivity index (χ0v) is 12.3. The molecule has 0 spiro atoms. The van der Waals surface area contributed by atoms with Crippen molar-refractivity contribution in [2.45, 2.75) is 32.7 Å². The Hall–Kier alpha value is -2.23. The standard InChI is InChI=1S/C11H16N4O5S/c1-5(2)3-7-14-15-11(21-7)13-10(20)12-6(9(18)19)4-8(16)17/h5-6H,3-4H2,1-2H3,(H,16,17)(H,18,19)(H2,12,13,15,20)/t6-/m1/s1. The summed E-state index contributed by atoms with van der Waals surface area (Å²) in [5.74, 6) is -2.35. The van der Waals surface area contributed by atoms with E-state index in [-0.39, 0.29) is 5.13 Å². The van der Waals surface area contributed by atoms with Crippen molar-refractivity contribution in [3.05, 3.63) is 5.01 Å². The first-order chi connectivity index (χ1) is 9.77. The maximum atomic E-state index is 11.6. The quantitative estimate of drug-likeness (QED) is 0.582. The highest BCUT2D eigenvalue weighted by molar-refractivity contribution is 7.15. The monoisotopic (exact) mass is 316 g/mol. The zero-order chi connectivity index (χ0) is 16.0. The highest BCUT2D eigenvalue weighted by Gasteiger charge is 2.23. The Kier molecular flexibility index (Phi) is 6.03. The number of hydrogen-bond acceptors (Lipinski definition) is 6. The van der Waals surface area contributed by atoms with Crippen LogP contribution in [-0.4, -0.2) is 44.4 Å². The number of carboxylic acids is 2. The molecule has 0 fully saturated rings. The molecule has 2 amide bonds. The molecule has 1 aromatic rings. The molecule has 1 atom stereocenters. The van der Waals surface area contributed by atoms with Crippen LogP contribution < -0.4 is 10.6 Å². The molecule has 10 heteroatoms. The lowest BCUT2D eigenvalue weighted by molar-refractivity contribution is -0.145. The molecule has 1 aromatic heterocycles. The van der Waals surface area contributed by atoms with Crippen molar-refractivity contribution in [1.29, 1.82) is 0 Å². The first-order valence-corrected chi connectivity index (χ1v) is 6.94. The second kappa shape index (κ2) is 7.53. The summed E-state index contributed by atoms with van der Waals surface area (Å²) in [5.41, 5.74) is 0. The Morgan fingerprint density at radius 2 is 1.90 bits per heavy atom. The Morgan fingerprint density at radius 1 is 1.24 bits per heavy atom. The van der Waals surface area contributed by atoms with Gasteiger partial charge in [-0.05, 0) is 5.92 Å².